The van der Waals surface area contributed by atoms with Crippen LogP contribution in [0, 0.1) is 6.92 Å². The van der Waals surface area contributed by atoms with Crippen LogP contribution in [0.25, 0.3) is 10.9 Å². The molecule has 0 radical (unpaired) electrons. The monoisotopic (exact) mass is 159 g/mol. The Kier molecular flexibility index (Phi) is 1.65. The molecule has 1 nitrogen and oxygen atoms in total. The lowest BCUT2D eigenvalue weighted by molar-refractivity contribution is 0.797. The van der Waals surface area contributed by atoms with E-state index < -0.39 is 0 Å². The molecule has 0 unspecified atom stereocenters. The Morgan fingerprint density at radius 2 is 2.08 bits per heavy atom. The highest BCUT2D eigenvalue weighted by atomic mass is 14.9. The van der Waals surface area contributed by atoms with Crippen LogP contribution in [0.15, 0.2) is 30.5 Å². The molecule has 62 valence electrons. The predicted octanol–water partition coefficient (Wildman–Crippen LogP) is 2.97. The number of aryl methyl sites for hydroxylation is 2. The summed E-state index contributed by atoms with van der Waals surface area (Å²) in [6, 6.07) is 8.75. The number of benzene rings is 1. The van der Waals surface area contributed by atoms with Crippen LogP contribution in [-0.2, 0) is 6.54 Å². The Labute approximate surface area is 72.6 Å². The molecule has 0 aliphatic heterocycles. The van der Waals surface area contributed by atoms with E-state index >= 15 is 0 Å². The Morgan fingerprint density at radius 1 is 1.25 bits per heavy atom. The van der Waals surface area contributed by atoms with Crippen LogP contribution in [0.3, 0.4) is 0 Å². The summed E-state index contributed by atoms with van der Waals surface area (Å²) in [6.07, 6.45) is 2.14. The molecular weight excluding hydrogens is 146 g/mol. The van der Waals surface area contributed by atoms with E-state index in [1.54, 1.807) is 0 Å². The zero-order valence-corrected chi connectivity index (χ0v) is 7.54. The lowest BCUT2D eigenvalue weighted by Crippen LogP contribution is -1.89. The van der Waals surface area contributed by atoms with E-state index in [0.29, 0.717) is 0 Å². The van der Waals surface area contributed by atoms with Gasteiger partial charge in [-0.15, -0.1) is 0 Å². The number of hydrogen-bond donors (Lipinski definition) is 0. The Hall–Kier alpha value is -1.24. The summed E-state index contributed by atoms with van der Waals surface area (Å²) in [5.41, 5.74) is 2.67. The van der Waals surface area contributed by atoms with Gasteiger partial charge in [0.05, 0.1) is 0 Å². The van der Waals surface area contributed by atoms with Gasteiger partial charge in [-0.3, -0.25) is 0 Å². The van der Waals surface area contributed by atoms with Crippen LogP contribution in [0.1, 0.15) is 12.5 Å². The van der Waals surface area contributed by atoms with Crippen LogP contribution in [0.5, 0.6) is 0 Å². The number of fused-ring (bicyclic) bond motifs is 1. The first-order valence-electron chi connectivity index (χ1n) is 4.37. The quantitative estimate of drug-likeness (QED) is 0.603. The molecule has 0 saturated heterocycles. The van der Waals surface area contributed by atoms with Gasteiger partial charge in [-0.1, -0.05) is 11.6 Å². The van der Waals surface area contributed by atoms with Gasteiger partial charge in [0.15, 0.2) is 0 Å². The summed E-state index contributed by atoms with van der Waals surface area (Å²) in [7, 11) is 0. The Morgan fingerprint density at radius 3 is 2.83 bits per heavy atom. The molecule has 0 saturated carbocycles. The molecule has 1 heteroatoms. The van der Waals surface area contributed by atoms with Crippen molar-refractivity contribution in [3.8, 4) is 0 Å². The standard InChI is InChI=1S/C11H13N/c1-3-12-7-6-10-8-9(2)4-5-11(10)12/h4-8H,3H2,1-2H3. The molecule has 1 heterocycles. The fourth-order valence-electron chi connectivity index (χ4n) is 1.60. The number of nitrogens with zero attached hydrogens (tertiary/aromatic N) is 1. The summed E-state index contributed by atoms with van der Waals surface area (Å²) < 4.78 is 2.26. The Balaban J connectivity index is 2.73. The van der Waals surface area contributed by atoms with E-state index in [2.05, 4.69) is 48.9 Å². The summed E-state index contributed by atoms with van der Waals surface area (Å²) in [5, 5.41) is 1.34. The maximum absolute atomic E-state index is 2.26. The molecule has 2 rings (SSSR count). The van der Waals surface area contributed by atoms with E-state index in [1.807, 2.05) is 0 Å². The topological polar surface area (TPSA) is 4.93 Å². The van der Waals surface area contributed by atoms with Crippen molar-refractivity contribution in [1.82, 2.24) is 4.57 Å². The second-order valence-electron chi connectivity index (χ2n) is 3.16. The smallest absolute Gasteiger partial charge is 0.0480 e. The van der Waals surface area contributed by atoms with Crippen molar-refractivity contribution in [1.29, 1.82) is 0 Å². The van der Waals surface area contributed by atoms with E-state index in [4.69, 9.17) is 0 Å². The van der Waals surface area contributed by atoms with Gasteiger partial charge >= 0.3 is 0 Å². The van der Waals surface area contributed by atoms with Crippen molar-refractivity contribution < 1.29 is 0 Å². The summed E-state index contributed by atoms with van der Waals surface area (Å²) in [5.74, 6) is 0. The van der Waals surface area contributed by atoms with E-state index in [0.717, 1.165) is 6.54 Å². The first kappa shape index (κ1) is 7.41. The highest BCUT2D eigenvalue weighted by Crippen LogP contribution is 2.16. The summed E-state index contributed by atoms with van der Waals surface area (Å²) in [6.45, 7) is 5.34. The lowest BCUT2D eigenvalue weighted by atomic mass is 10.2. The minimum absolute atomic E-state index is 1.05. The molecule has 0 N–H and O–H groups in total. The molecule has 0 fully saturated rings. The summed E-state index contributed by atoms with van der Waals surface area (Å²) >= 11 is 0. The first-order valence-corrected chi connectivity index (χ1v) is 4.37. The zero-order valence-electron chi connectivity index (χ0n) is 7.54. The third kappa shape index (κ3) is 1.02. The maximum atomic E-state index is 2.26. The average Bonchev–Trinajstić information content (AvgIpc) is 2.46. The maximum Gasteiger partial charge on any atom is 0.0480 e. The highest BCUT2D eigenvalue weighted by Gasteiger charge is 1.97. The molecular formula is C11H13N. The Bertz CT molecular complexity index is 398. The molecule has 12 heavy (non-hydrogen) atoms. The van der Waals surface area contributed by atoms with Crippen molar-refractivity contribution in [2.24, 2.45) is 0 Å². The van der Waals surface area contributed by atoms with Crippen molar-refractivity contribution in [3.05, 3.63) is 36.0 Å². The lowest BCUT2D eigenvalue weighted by Gasteiger charge is -1.99. The van der Waals surface area contributed by atoms with Crippen LogP contribution in [0.4, 0.5) is 0 Å². The van der Waals surface area contributed by atoms with Gasteiger partial charge in [-0.2, -0.15) is 0 Å². The van der Waals surface area contributed by atoms with Crippen molar-refractivity contribution in [3.63, 3.8) is 0 Å². The van der Waals surface area contributed by atoms with Crippen molar-refractivity contribution in [2.45, 2.75) is 20.4 Å². The molecule has 0 aliphatic carbocycles. The van der Waals surface area contributed by atoms with Gasteiger partial charge in [0, 0.05) is 18.3 Å². The minimum atomic E-state index is 1.05. The van der Waals surface area contributed by atoms with Crippen LogP contribution in [0.2, 0.25) is 0 Å². The van der Waals surface area contributed by atoms with E-state index in [1.165, 1.54) is 16.5 Å². The van der Waals surface area contributed by atoms with Crippen molar-refractivity contribution in [2.75, 3.05) is 0 Å². The normalized spacial score (nSPS) is 10.8. The molecule has 1 aromatic carbocycles. The highest BCUT2D eigenvalue weighted by molar-refractivity contribution is 5.80. The minimum Gasteiger partial charge on any atom is -0.348 e. The molecule has 0 amide bonds. The predicted molar refractivity (Wildman–Crippen MR) is 52.3 cm³/mol. The molecule has 0 aliphatic rings. The zero-order chi connectivity index (χ0) is 8.55. The fourth-order valence-corrected chi connectivity index (χ4v) is 1.60. The molecule has 2 aromatic rings. The number of hydrogen-bond acceptors (Lipinski definition) is 0. The third-order valence-corrected chi connectivity index (χ3v) is 2.27. The van der Waals surface area contributed by atoms with Crippen molar-refractivity contribution >= 4 is 10.9 Å². The van der Waals surface area contributed by atoms with E-state index in [9.17, 15) is 0 Å². The fraction of sp³-hybridized carbons (Fsp3) is 0.273. The van der Waals surface area contributed by atoms with Crippen LogP contribution < -0.4 is 0 Å². The van der Waals surface area contributed by atoms with Gasteiger partial charge in [-0.25, -0.2) is 0 Å². The van der Waals surface area contributed by atoms with Gasteiger partial charge in [0.25, 0.3) is 0 Å². The van der Waals surface area contributed by atoms with Gasteiger partial charge in [0.2, 0.25) is 0 Å². The summed E-state index contributed by atoms with van der Waals surface area (Å²) in [4.78, 5) is 0. The molecule has 1 aromatic heterocycles. The van der Waals surface area contributed by atoms with Gasteiger partial charge < -0.3 is 4.57 Å². The average molecular weight is 159 g/mol. The SMILES string of the molecule is CCn1ccc2cc(C)ccc21. The van der Waals surface area contributed by atoms with Gasteiger partial charge in [-0.05, 0) is 37.4 Å². The largest absolute Gasteiger partial charge is 0.348 e. The number of aromatic nitrogens is 1. The van der Waals surface area contributed by atoms with E-state index in [-0.39, 0.29) is 0 Å². The second-order valence-corrected chi connectivity index (χ2v) is 3.16. The third-order valence-electron chi connectivity index (χ3n) is 2.27. The molecule has 0 bridgehead atoms. The van der Waals surface area contributed by atoms with Crippen LogP contribution >= 0.6 is 0 Å². The van der Waals surface area contributed by atoms with Gasteiger partial charge in [0.1, 0.15) is 0 Å². The second kappa shape index (κ2) is 2.67. The molecule has 0 spiro atoms. The molecule has 0 atom stereocenters. The van der Waals surface area contributed by atoms with Crippen LogP contribution in [-0.4, -0.2) is 4.57 Å². The first-order chi connectivity index (χ1) is 5.81. The number of rotatable bonds is 1.